The third-order valence-electron chi connectivity index (χ3n) is 4.79. The van der Waals surface area contributed by atoms with Gasteiger partial charge in [-0.25, -0.2) is 9.97 Å². The summed E-state index contributed by atoms with van der Waals surface area (Å²) >= 11 is 0. The minimum Gasteiger partial charge on any atom is -0.497 e. The number of anilines is 1. The van der Waals surface area contributed by atoms with Gasteiger partial charge in [-0.05, 0) is 43.6 Å². The maximum atomic E-state index is 5.29. The van der Waals surface area contributed by atoms with E-state index in [2.05, 4.69) is 42.5 Å². The number of benzene rings is 1. The normalized spacial score (nSPS) is 16.2. The highest BCUT2D eigenvalue weighted by Crippen LogP contribution is 2.27. The molecule has 1 aliphatic rings. The van der Waals surface area contributed by atoms with Crippen molar-refractivity contribution in [3.8, 4) is 5.75 Å². The van der Waals surface area contributed by atoms with E-state index in [0.717, 1.165) is 42.2 Å². The number of methoxy groups -OCH3 is 1. The highest BCUT2D eigenvalue weighted by atomic mass is 16.5. The van der Waals surface area contributed by atoms with E-state index in [4.69, 9.17) is 4.74 Å². The average molecular weight is 338 g/mol. The molecule has 25 heavy (non-hydrogen) atoms. The van der Waals surface area contributed by atoms with E-state index in [1.165, 1.54) is 18.4 Å². The molecule has 1 aromatic carbocycles. The second-order valence-corrected chi connectivity index (χ2v) is 6.27. The predicted octanol–water partition coefficient (Wildman–Crippen LogP) is 2.61. The van der Waals surface area contributed by atoms with Gasteiger partial charge in [-0.1, -0.05) is 12.1 Å². The molecule has 0 radical (unpaired) electrons. The first-order valence-electron chi connectivity index (χ1n) is 8.61. The molecule has 0 spiro atoms. The molecule has 3 aromatic rings. The summed E-state index contributed by atoms with van der Waals surface area (Å²) in [6.45, 7) is 3.04. The first-order valence-corrected chi connectivity index (χ1v) is 8.61. The Kier molecular flexibility index (Phi) is 4.47. The number of aromatic amines is 1. The number of fused-ring (bicyclic) bond motifs is 1. The van der Waals surface area contributed by atoms with Crippen LogP contribution in [0, 0.1) is 0 Å². The standard InChI is InChI=1S/C18H22N6O/c1-25-14-6-4-13(5-7-14)16(24-8-2-3-9-24)11-19-17-15-10-22-23-18(15)21-12-20-17/h4-7,10,12,16H,2-3,8-9,11H2,1H3,(H2,19,20,21,22,23)/t16-/m0/s1. The van der Waals surface area contributed by atoms with Crippen LogP contribution in [0.3, 0.4) is 0 Å². The Morgan fingerprint density at radius 3 is 2.76 bits per heavy atom. The number of rotatable bonds is 6. The Hall–Kier alpha value is -2.67. The summed E-state index contributed by atoms with van der Waals surface area (Å²) in [7, 11) is 1.69. The average Bonchev–Trinajstić information content (AvgIpc) is 3.34. The Labute approximate surface area is 146 Å². The zero-order chi connectivity index (χ0) is 17.1. The van der Waals surface area contributed by atoms with Gasteiger partial charge in [0.15, 0.2) is 5.65 Å². The van der Waals surface area contributed by atoms with Crippen LogP contribution in [-0.2, 0) is 0 Å². The van der Waals surface area contributed by atoms with Crippen LogP contribution in [0.1, 0.15) is 24.4 Å². The molecule has 130 valence electrons. The Morgan fingerprint density at radius 1 is 1.20 bits per heavy atom. The molecule has 0 aliphatic carbocycles. The van der Waals surface area contributed by atoms with Crippen molar-refractivity contribution in [3.63, 3.8) is 0 Å². The fourth-order valence-corrected chi connectivity index (χ4v) is 3.44. The number of nitrogens with zero attached hydrogens (tertiary/aromatic N) is 4. The molecule has 2 aromatic heterocycles. The number of nitrogens with one attached hydrogen (secondary N) is 2. The number of ether oxygens (including phenoxy) is 1. The maximum Gasteiger partial charge on any atom is 0.160 e. The number of likely N-dealkylation sites (tertiary alicyclic amines) is 1. The lowest BCUT2D eigenvalue weighted by atomic mass is 10.1. The van der Waals surface area contributed by atoms with Gasteiger partial charge < -0.3 is 10.1 Å². The van der Waals surface area contributed by atoms with Gasteiger partial charge in [0, 0.05) is 6.54 Å². The summed E-state index contributed by atoms with van der Waals surface area (Å²) in [5, 5.41) is 11.3. The van der Waals surface area contributed by atoms with Crippen LogP contribution >= 0.6 is 0 Å². The molecule has 0 saturated carbocycles. The molecule has 7 heteroatoms. The number of hydrogen-bond acceptors (Lipinski definition) is 6. The fraction of sp³-hybridized carbons (Fsp3) is 0.389. The highest BCUT2D eigenvalue weighted by molar-refractivity contribution is 5.85. The van der Waals surface area contributed by atoms with E-state index >= 15 is 0 Å². The molecule has 4 rings (SSSR count). The van der Waals surface area contributed by atoms with Crippen molar-refractivity contribution in [3.05, 3.63) is 42.4 Å². The van der Waals surface area contributed by atoms with Gasteiger partial charge in [0.25, 0.3) is 0 Å². The van der Waals surface area contributed by atoms with Crippen LogP contribution in [0.4, 0.5) is 5.82 Å². The van der Waals surface area contributed by atoms with Crippen LogP contribution < -0.4 is 10.1 Å². The quantitative estimate of drug-likeness (QED) is 0.719. The molecule has 1 aliphatic heterocycles. The molecule has 3 heterocycles. The minimum absolute atomic E-state index is 0.297. The van der Waals surface area contributed by atoms with Crippen LogP contribution in [0.25, 0.3) is 11.0 Å². The lowest BCUT2D eigenvalue weighted by molar-refractivity contribution is 0.255. The zero-order valence-electron chi connectivity index (χ0n) is 14.3. The monoisotopic (exact) mass is 338 g/mol. The summed E-state index contributed by atoms with van der Waals surface area (Å²) in [4.78, 5) is 11.1. The Morgan fingerprint density at radius 2 is 2.00 bits per heavy atom. The zero-order valence-corrected chi connectivity index (χ0v) is 14.3. The first-order chi connectivity index (χ1) is 12.3. The Bertz CT molecular complexity index is 825. The van der Waals surface area contributed by atoms with Crippen molar-refractivity contribution in [2.24, 2.45) is 0 Å². The Balaban J connectivity index is 1.56. The van der Waals surface area contributed by atoms with Gasteiger partial charge in [-0.3, -0.25) is 10.00 Å². The SMILES string of the molecule is COc1ccc([C@H](CNc2ncnc3[nH]ncc23)N2CCCC2)cc1. The fourth-order valence-electron chi connectivity index (χ4n) is 3.44. The van der Waals surface area contributed by atoms with Crippen molar-refractivity contribution >= 4 is 16.9 Å². The van der Waals surface area contributed by atoms with Crippen LogP contribution in [0.5, 0.6) is 5.75 Å². The smallest absolute Gasteiger partial charge is 0.160 e. The van der Waals surface area contributed by atoms with Crippen LogP contribution in [-0.4, -0.2) is 51.8 Å². The van der Waals surface area contributed by atoms with Crippen LogP contribution in [0.2, 0.25) is 0 Å². The third-order valence-corrected chi connectivity index (χ3v) is 4.79. The highest BCUT2D eigenvalue weighted by Gasteiger charge is 2.23. The van der Waals surface area contributed by atoms with E-state index in [9.17, 15) is 0 Å². The van der Waals surface area contributed by atoms with E-state index in [0.29, 0.717) is 6.04 Å². The summed E-state index contributed by atoms with van der Waals surface area (Å²) in [6.07, 6.45) is 5.83. The molecule has 1 atom stereocenters. The van der Waals surface area contributed by atoms with E-state index in [1.54, 1.807) is 19.6 Å². The predicted molar refractivity (Wildman–Crippen MR) is 96.7 cm³/mol. The van der Waals surface area contributed by atoms with Crippen molar-refractivity contribution < 1.29 is 4.74 Å². The molecule has 1 fully saturated rings. The van der Waals surface area contributed by atoms with Gasteiger partial charge in [-0.2, -0.15) is 5.10 Å². The lowest BCUT2D eigenvalue weighted by Gasteiger charge is -2.28. The molecule has 7 nitrogen and oxygen atoms in total. The van der Waals surface area contributed by atoms with E-state index in [-0.39, 0.29) is 0 Å². The minimum atomic E-state index is 0.297. The van der Waals surface area contributed by atoms with E-state index < -0.39 is 0 Å². The van der Waals surface area contributed by atoms with Crippen molar-refractivity contribution in [1.29, 1.82) is 0 Å². The largest absolute Gasteiger partial charge is 0.497 e. The summed E-state index contributed by atoms with van der Waals surface area (Å²) in [6, 6.07) is 8.65. The lowest BCUT2D eigenvalue weighted by Crippen LogP contribution is -2.31. The summed E-state index contributed by atoms with van der Waals surface area (Å²) in [5.74, 6) is 1.70. The van der Waals surface area contributed by atoms with Gasteiger partial charge in [0.05, 0.1) is 24.7 Å². The second kappa shape index (κ2) is 7.06. The molecule has 2 N–H and O–H groups in total. The summed E-state index contributed by atoms with van der Waals surface area (Å²) in [5.41, 5.74) is 2.03. The van der Waals surface area contributed by atoms with Crippen molar-refractivity contribution in [1.82, 2.24) is 25.1 Å². The first kappa shape index (κ1) is 15.8. The number of aromatic nitrogens is 4. The molecule has 0 unspecified atom stereocenters. The van der Waals surface area contributed by atoms with Crippen molar-refractivity contribution in [2.75, 3.05) is 32.1 Å². The third kappa shape index (κ3) is 3.28. The summed E-state index contributed by atoms with van der Waals surface area (Å²) < 4.78 is 5.29. The van der Waals surface area contributed by atoms with Gasteiger partial charge in [0.2, 0.25) is 0 Å². The van der Waals surface area contributed by atoms with Crippen LogP contribution in [0.15, 0.2) is 36.8 Å². The molecular weight excluding hydrogens is 316 g/mol. The van der Waals surface area contributed by atoms with Gasteiger partial charge in [0.1, 0.15) is 17.9 Å². The second-order valence-electron chi connectivity index (χ2n) is 6.27. The molecule has 1 saturated heterocycles. The molecule has 0 bridgehead atoms. The number of hydrogen-bond donors (Lipinski definition) is 2. The number of H-pyrrole nitrogens is 1. The van der Waals surface area contributed by atoms with Gasteiger partial charge in [-0.15, -0.1) is 0 Å². The van der Waals surface area contributed by atoms with Gasteiger partial charge >= 0.3 is 0 Å². The van der Waals surface area contributed by atoms with Crippen molar-refractivity contribution in [2.45, 2.75) is 18.9 Å². The molecular formula is C18H22N6O. The van der Waals surface area contributed by atoms with E-state index in [1.807, 2.05) is 12.1 Å². The maximum absolute atomic E-state index is 5.29. The topological polar surface area (TPSA) is 79.0 Å². The molecule has 0 amide bonds.